The average molecular weight is 257 g/mol. The first-order valence-electron chi connectivity index (χ1n) is 6.96. The van der Waals surface area contributed by atoms with Crippen molar-refractivity contribution in [2.24, 2.45) is 5.92 Å². The molecule has 0 aliphatic rings. The van der Waals surface area contributed by atoms with Gasteiger partial charge in [0.15, 0.2) is 0 Å². The van der Waals surface area contributed by atoms with Crippen molar-refractivity contribution in [3.05, 3.63) is 48.3 Å². The molecule has 0 aliphatic heterocycles. The second kappa shape index (κ2) is 6.41. The molecule has 1 atom stereocenters. The lowest BCUT2D eigenvalue weighted by atomic mass is 10.0. The Morgan fingerprint density at radius 1 is 1.21 bits per heavy atom. The first-order valence-corrected chi connectivity index (χ1v) is 6.96. The summed E-state index contributed by atoms with van der Waals surface area (Å²) < 4.78 is 1.94. The summed E-state index contributed by atoms with van der Waals surface area (Å²) in [5.74, 6) is 0.717. The highest BCUT2D eigenvalue weighted by Gasteiger charge is 2.05. The van der Waals surface area contributed by atoms with Gasteiger partial charge in [-0.2, -0.15) is 5.10 Å². The van der Waals surface area contributed by atoms with E-state index < -0.39 is 0 Å². The molecule has 0 radical (unpaired) electrons. The third-order valence-corrected chi connectivity index (χ3v) is 3.07. The highest BCUT2D eigenvalue weighted by atomic mass is 15.3. The van der Waals surface area contributed by atoms with Gasteiger partial charge in [-0.1, -0.05) is 26.0 Å². The number of nitrogens with zero attached hydrogens (tertiary/aromatic N) is 2. The Morgan fingerprint density at radius 3 is 2.74 bits per heavy atom. The number of rotatable bonds is 6. The van der Waals surface area contributed by atoms with Crippen LogP contribution < -0.4 is 5.32 Å². The smallest absolute Gasteiger partial charge is 0.0660 e. The molecule has 1 aromatic carbocycles. The summed E-state index contributed by atoms with van der Waals surface area (Å²) in [7, 11) is 0. The average Bonchev–Trinajstić information content (AvgIpc) is 2.81. The van der Waals surface area contributed by atoms with Crippen molar-refractivity contribution >= 4 is 5.69 Å². The number of anilines is 1. The summed E-state index contributed by atoms with van der Waals surface area (Å²) in [5, 5.41) is 7.80. The number of aromatic nitrogens is 2. The minimum absolute atomic E-state index is 0.500. The van der Waals surface area contributed by atoms with E-state index in [1.54, 1.807) is 0 Å². The van der Waals surface area contributed by atoms with E-state index in [4.69, 9.17) is 0 Å². The van der Waals surface area contributed by atoms with E-state index in [2.05, 4.69) is 55.5 Å². The molecule has 1 aromatic heterocycles. The van der Waals surface area contributed by atoms with Crippen LogP contribution in [0.5, 0.6) is 0 Å². The fraction of sp³-hybridized carbons (Fsp3) is 0.438. The Hall–Kier alpha value is -1.77. The predicted molar refractivity (Wildman–Crippen MR) is 80.3 cm³/mol. The maximum absolute atomic E-state index is 4.24. The van der Waals surface area contributed by atoms with Crippen molar-refractivity contribution in [1.29, 1.82) is 0 Å². The molecule has 0 saturated heterocycles. The van der Waals surface area contributed by atoms with E-state index >= 15 is 0 Å². The number of hydrogen-bond acceptors (Lipinski definition) is 2. The van der Waals surface area contributed by atoms with Gasteiger partial charge in [0, 0.05) is 24.1 Å². The predicted octanol–water partition coefficient (Wildman–Crippen LogP) is 3.78. The first-order chi connectivity index (χ1) is 9.13. The van der Waals surface area contributed by atoms with Crippen LogP contribution in [0.25, 0.3) is 0 Å². The van der Waals surface area contributed by atoms with E-state index in [9.17, 15) is 0 Å². The zero-order chi connectivity index (χ0) is 13.7. The molecular formula is C16H23N3. The third kappa shape index (κ3) is 4.43. The lowest BCUT2D eigenvalue weighted by Gasteiger charge is -2.17. The van der Waals surface area contributed by atoms with Gasteiger partial charge in [0.25, 0.3) is 0 Å². The molecule has 0 saturated carbocycles. The minimum Gasteiger partial charge on any atom is -0.383 e. The fourth-order valence-electron chi connectivity index (χ4n) is 2.39. The second-order valence-corrected chi connectivity index (χ2v) is 5.58. The van der Waals surface area contributed by atoms with Crippen LogP contribution in [0, 0.1) is 5.92 Å². The summed E-state index contributed by atoms with van der Waals surface area (Å²) in [4.78, 5) is 0. The van der Waals surface area contributed by atoms with E-state index in [0.29, 0.717) is 6.04 Å². The van der Waals surface area contributed by atoms with E-state index in [1.165, 1.54) is 17.7 Å². The van der Waals surface area contributed by atoms with Crippen LogP contribution in [0.1, 0.15) is 32.8 Å². The molecule has 1 N–H and O–H groups in total. The molecule has 102 valence electrons. The van der Waals surface area contributed by atoms with Gasteiger partial charge in [0.1, 0.15) is 0 Å². The molecule has 0 amide bonds. The molecule has 1 unspecified atom stereocenters. The van der Waals surface area contributed by atoms with Crippen molar-refractivity contribution in [3.8, 4) is 0 Å². The highest BCUT2D eigenvalue weighted by Crippen LogP contribution is 2.15. The van der Waals surface area contributed by atoms with Crippen LogP contribution in [0.15, 0.2) is 42.7 Å². The third-order valence-electron chi connectivity index (χ3n) is 3.07. The van der Waals surface area contributed by atoms with Gasteiger partial charge in [-0.15, -0.1) is 0 Å². The van der Waals surface area contributed by atoms with Crippen LogP contribution in [-0.4, -0.2) is 15.8 Å². The van der Waals surface area contributed by atoms with Crippen LogP contribution in [0.4, 0.5) is 5.69 Å². The summed E-state index contributed by atoms with van der Waals surface area (Å²) in [6.45, 7) is 7.57. The van der Waals surface area contributed by atoms with Gasteiger partial charge in [0.05, 0.1) is 6.54 Å². The topological polar surface area (TPSA) is 29.9 Å². The molecule has 0 spiro atoms. The summed E-state index contributed by atoms with van der Waals surface area (Å²) in [6, 6.07) is 11.0. The van der Waals surface area contributed by atoms with Gasteiger partial charge in [-0.25, -0.2) is 0 Å². The maximum atomic E-state index is 4.24. The van der Waals surface area contributed by atoms with Crippen molar-refractivity contribution in [3.63, 3.8) is 0 Å². The van der Waals surface area contributed by atoms with Gasteiger partial charge >= 0.3 is 0 Å². The van der Waals surface area contributed by atoms with Crippen LogP contribution >= 0.6 is 0 Å². The lowest BCUT2D eigenvalue weighted by molar-refractivity contribution is 0.540. The largest absolute Gasteiger partial charge is 0.383 e. The number of benzene rings is 1. The fourth-order valence-corrected chi connectivity index (χ4v) is 2.39. The normalized spacial score (nSPS) is 12.6. The van der Waals surface area contributed by atoms with Crippen molar-refractivity contribution in [1.82, 2.24) is 9.78 Å². The molecule has 0 bridgehead atoms. The Labute approximate surface area is 115 Å². The Kier molecular flexibility index (Phi) is 4.61. The Bertz CT molecular complexity index is 488. The van der Waals surface area contributed by atoms with Crippen molar-refractivity contribution < 1.29 is 0 Å². The standard InChI is InChI=1S/C16H23N3/c1-13(2)10-14(3)18-16-7-4-6-15(11-16)12-19-9-5-8-17-19/h4-9,11,13-14,18H,10,12H2,1-3H3. The van der Waals surface area contributed by atoms with Crippen LogP contribution in [0.2, 0.25) is 0 Å². The van der Waals surface area contributed by atoms with Crippen LogP contribution in [-0.2, 0) is 6.54 Å². The number of hydrogen-bond donors (Lipinski definition) is 1. The molecule has 2 aromatic rings. The maximum Gasteiger partial charge on any atom is 0.0660 e. The molecule has 0 fully saturated rings. The Morgan fingerprint density at radius 2 is 2.05 bits per heavy atom. The second-order valence-electron chi connectivity index (χ2n) is 5.58. The van der Waals surface area contributed by atoms with Crippen LogP contribution in [0.3, 0.4) is 0 Å². The lowest BCUT2D eigenvalue weighted by Crippen LogP contribution is -2.17. The van der Waals surface area contributed by atoms with Crippen molar-refractivity contribution in [2.45, 2.75) is 39.8 Å². The minimum atomic E-state index is 0.500. The molecule has 0 aliphatic carbocycles. The zero-order valence-corrected chi connectivity index (χ0v) is 12.0. The molecule has 19 heavy (non-hydrogen) atoms. The number of nitrogens with one attached hydrogen (secondary N) is 1. The summed E-state index contributed by atoms with van der Waals surface area (Å²) >= 11 is 0. The van der Waals surface area contributed by atoms with E-state index in [1.807, 2.05) is 23.1 Å². The quantitative estimate of drug-likeness (QED) is 0.853. The van der Waals surface area contributed by atoms with Gasteiger partial charge < -0.3 is 5.32 Å². The van der Waals surface area contributed by atoms with Gasteiger partial charge in [-0.05, 0) is 43.0 Å². The van der Waals surface area contributed by atoms with Gasteiger partial charge in [0.2, 0.25) is 0 Å². The molecule has 2 rings (SSSR count). The Balaban J connectivity index is 1.98. The van der Waals surface area contributed by atoms with Gasteiger partial charge in [-0.3, -0.25) is 4.68 Å². The molecule has 3 heteroatoms. The summed E-state index contributed by atoms with van der Waals surface area (Å²) in [5.41, 5.74) is 2.46. The SMILES string of the molecule is CC(C)CC(C)Nc1cccc(Cn2cccn2)c1. The molecule has 3 nitrogen and oxygen atoms in total. The first kappa shape index (κ1) is 13.7. The van der Waals surface area contributed by atoms with Crippen molar-refractivity contribution in [2.75, 3.05) is 5.32 Å². The van der Waals surface area contributed by atoms with E-state index in [0.717, 1.165) is 12.5 Å². The zero-order valence-electron chi connectivity index (χ0n) is 12.0. The molecule has 1 heterocycles. The molecular weight excluding hydrogens is 234 g/mol. The monoisotopic (exact) mass is 257 g/mol. The van der Waals surface area contributed by atoms with E-state index in [-0.39, 0.29) is 0 Å². The highest BCUT2D eigenvalue weighted by molar-refractivity contribution is 5.46. The summed E-state index contributed by atoms with van der Waals surface area (Å²) in [6.07, 6.45) is 4.98.